The molecule has 0 radical (unpaired) electrons. The number of nitrogens with zero attached hydrogens (tertiary/aromatic N) is 1. The molecule has 6 nitrogen and oxygen atoms in total. The maximum atomic E-state index is 10.6. The molecule has 0 spiro atoms. The fraction of sp³-hybridized carbons (Fsp3) is 0.111. The maximum Gasteiger partial charge on any atom is 0.341 e. The molecular formula is C18H15NO5. The number of benzene rings is 2. The average Bonchev–Trinajstić information content (AvgIpc) is 3.10. The number of hydrogen-bond acceptors (Lipinski definition) is 5. The van der Waals surface area contributed by atoms with Crippen LogP contribution in [0.2, 0.25) is 0 Å². The number of carboxylic acid groups (broad SMARTS) is 1. The predicted octanol–water partition coefficient (Wildman–Crippen LogP) is 3.48. The van der Waals surface area contributed by atoms with Gasteiger partial charge in [0.25, 0.3) is 0 Å². The van der Waals surface area contributed by atoms with Crippen molar-refractivity contribution in [2.45, 2.75) is 0 Å². The van der Waals surface area contributed by atoms with Crippen molar-refractivity contribution in [3.05, 3.63) is 54.6 Å². The Balaban J connectivity index is 1.87. The van der Waals surface area contributed by atoms with Gasteiger partial charge in [0.15, 0.2) is 23.9 Å². The lowest BCUT2D eigenvalue weighted by Crippen LogP contribution is -2.10. The van der Waals surface area contributed by atoms with Crippen LogP contribution in [-0.4, -0.2) is 29.9 Å². The molecule has 0 fully saturated rings. The second kappa shape index (κ2) is 6.87. The second-order valence-electron chi connectivity index (χ2n) is 4.99. The van der Waals surface area contributed by atoms with E-state index in [1.807, 2.05) is 36.4 Å². The van der Waals surface area contributed by atoms with Crippen LogP contribution in [0.1, 0.15) is 0 Å². The number of carboxylic acids is 1. The molecule has 6 heteroatoms. The number of aromatic nitrogens is 1. The van der Waals surface area contributed by atoms with E-state index >= 15 is 0 Å². The van der Waals surface area contributed by atoms with Gasteiger partial charge < -0.3 is 19.1 Å². The lowest BCUT2D eigenvalue weighted by atomic mass is 10.1. The topological polar surface area (TPSA) is 81.8 Å². The molecule has 0 bridgehead atoms. The summed E-state index contributed by atoms with van der Waals surface area (Å²) in [4.78, 5) is 10.6. The Labute approximate surface area is 138 Å². The number of rotatable bonds is 6. The molecule has 0 saturated heterocycles. The van der Waals surface area contributed by atoms with E-state index < -0.39 is 12.6 Å². The summed E-state index contributed by atoms with van der Waals surface area (Å²) in [5.41, 5.74) is 2.36. The molecule has 24 heavy (non-hydrogen) atoms. The van der Waals surface area contributed by atoms with Crippen LogP contribution in [0.3, 0.4) is 0 Å². The van der Waals surface area contributed by atoms with Crippen molar-refractivity contribution in [3.63, 3.8) is 0 Å². The molecule has 0 saturated carbocycles. The van der Waals surface area contributed by atoms with E-state index in [1.54, 1.807) is 18.2 Å². The zero-order valence-corrected chi connectivity index (χ0v) is 12.9. The molecule has 0 aliphatic heterocycles. The highest BCUT2D eigenvalue weighted by atomic mass is 16.5. The van der Waals surface area contributed by atoms with Crippen LogP contribution >= 0.6 is 0 Å². The van der Waals surface area contributed by atoms with Gasteiger partial charge in [-0.2, -0.15) is 0 Å². The van der Waals surface area contributed by atoms with Gasteiger partial charge in [-0.15, -0.1) is 0 Å². The molecule has 0 aliphatic rings. The van der Waals surface area contributed by atoms with Crippen molar-refractivity contribution in [1.29, 1.82) is 0 Å². The van der Waals surface area contributed by atoms with Gasteiger partial charge in [0.05, 0.1) is 7.11 Å². The molecule has 3 aromatic rings. The zero-order chi connectivity index (χ0) is 16.9. The van der Waals surface area contributed by atoms with Gasteiger partial charge in [0, 0.05) is 17.2 Å². The Kier molecular flexibility index (Phi) is 4.47. The van der Waals surface area contributed by atoms with Crippen molar-refractivity contribution >= 4 is 5.97 Å². The summed E-state index contributed by atoms with van der Waals surface area (Å²) < 4.78 is 15.8. The van der Waals surface area contributed by atoms with Crippen molar-refractivity contribution in [1.82, 2.24) is 5.16 Å². The lowest BCUT2D eigenvalue weighted by molar-refractivity contribution is -0.139. The van der Waals surface area contributed by atoms with E-state index in [2.05, 4.69) is 5.16 Å². The monoisotopic (exact) mass is 325 g/mol. The molecule has 0 atom stereocenters. The summed E-state index contributed by atoms with van der Waals surface area (Å²) in [6.45, 7) is -0.433. The van der Waals surface area contributed by atoms with E-state index in [1.165, 1.54) is 7.11 Å². The van der Waals surface area contributed by atoms with E-state index in [9.17, 15) is 4.79 Å². The third-order valence-corrected chi connectivity index (χ3v) is 3.38. The van der Waals surface area contributed by atoms with Crippen LogP contribution in [0.4, 0.5) is 0 Å². The van der Waals surface area contributed by atoms with E-state index in [-0.39, 0.29) is 0 Å². The predicted molar refractivity (Wildman–Crippen MR) is 87.1 cm³/mol. The first-order valence-electron chi connectivity index (χ1n) is 7.22. The number of carbonyl (C=O) groups is 1. The maximum absolute atomic E-state index is 10.6. The van der Waals surface area contributed by atoms with E-state index in [4.69, 9.17) is 19.1 Å². The molecule has 0 unspecified atom stereocenters. The van der Waals surface area contributed by atoms with Gasteiger partial charge in [-0.3, -0.25) is 0 Å². The van der Waals surface area contributed by atoms with Crippen LogP contribution < -0.4 is 9.47 Å². The highest BCUT2D eigenvalue weighted by Crippen LogP contribution is 2.33. The summed E-state index contributed by atoms with van der Waals surface area (Å²) in [5.74, 6) is 0.398. The molecule has 0 amide bonds. The van der Waals surface area contributed by atoms with E-state index in [0.717, 1.165) is 11.1 Å². The van der Waals surface area contributed by atoms with Gasteiger partial charge >= 0.3 is 5.97 Å². The first kappa shape index (κ1) is 15.6. The number of hydrogen-bond donors (Lipinski definition) is 1. The Morgan fingerprint density at radius 2 is 1.88 bits per heavy atom. The van der Waals surface area contributed by atoms with Gasteiger partial charge in [0.1, 0.15) is 5.69 Å². The van der Waals surface area contributed by atoms with Crippen molar-refractivity contribution in [2.75, 3.05) is 13.7 Å². The van der Waals surface area contributed by atoms with Crippen LogP contribution in [0.15, 0.2) is 59.1 Å². The Hall–Kier alpha value is -3.28. The minimum Gasteiger partial charge on any atom is -0.493 e. The molecule has 1 N–H and O–H groups in total. The highest BCUT2D eigenvalue weighted by molar-refractivity contribution is 5.70. The standard InChI is InChI=1S/C18H15NO5/c1-22-17-9-13(7-8-15(17)23-11-18(20)21)14-10-16(24-19-14)12-5-3-2-4-6-12/h2-10H,11H2,1H3,(H,20,21). The van der Waals surface area contributed by atoms with Crippen molar-refractivity contribution < 1.29 is 23.9 Å². The number of aliphatic carboxylic acids is 1. The van der Waals surface area contributed by atoms with Crippen LogP contribution in [-0.2, 0) is 4.79 Å². The van der Waals surface area contributed by atoms with E-state index in [0.29, 0.717) is 23.0 Å². The lowest BCUT2D eigenvalue weighted by Gasteiger charge is -2.09. The quantitative estimate of drug-likeness (QED) is 0.747. The number of ether oxygens (including phenoxy) is 2. The summed E-state index contributed by atoms with van der Waals surface area (Å²) in [6.07, 6.45) is 0. The Morgan fingerprint density at radius 3 is 2.58 bits per heavy atom. The zero-order valence-electron chi connectivity index (χ0n) is 12.9. The minimum absolute atomic E-state index is 0.357. The molecule has 3 rings (SSSR count). The average molecular weight is 325 g/mol. The van der Waals surface area contributed by atoms with Gasteiger partial charge in [0.2, 0.25) is 0 Å². The van der Waals surface area contributed by atoms with Gasteiger partial charge in [-0.25, -0.2) is 4.79 Å². The largest absolute Gasteiger partial charge is 0.493 e. The second-order valence-corrected chi connectivity index (χ2v) is 4.99. The first-order valence-corrected chi connectivity index (χ1v) is 7.22. The first-order chi connectivity index (χ1) is 11.7. The Morgan fingerprint density at radius 1 is 1.08 bits per heavy atom. The Bertz CT molecular complexity index is 842. The van der Waals surface area contributed by atoms with Crippen molar-refractivity contribution in [3.8, 4) is 34.1 Å². The normalized spacial score (nSPS) is 10.4. The fourth-order valence-corrected chi connectivity index (χ4v) is 2.24. The molecular weight excluding hydrogens is 310 g/mol. The molecule has 2 aromatic carbocycles. The summed E-state index contributed by atoms with van der Waals surface area (Å²) in [5, 5.41) is 12.8. The molecule has 122 valence electrons. The molecule has 0 aliphatic carbocycles. The number of methoxy groups -OCH3 is 1. The summed E-state index contributed by atoms with van der Waals surface area (Å²) >= 11 is 0. The highest BCUT2D eigenvalue weighted by Gasteiger charge is 2.12. The van der Waals surface area contributed by atoms with Gasteiger partial charge in [-0.05, 0) is 18.2 Å². The van der Waals surface area contributed by atoms with Crippen LogP contribution in [0, 0.1) is 0 Å². The summed E-state index contributed by atoms with van der Waals surface area (Å²) in [7, 11) is 1.49. The van der Waals surface area contributed by atoms with Gasteiger partial charge in [-0.1, -0.05) is 35.5 Å². The minimum atomic E-state index is -1.05. The molecule has 1 aromatic heterocycles. The smallest absolute Gasteiger partial charge is 0.341 e. The third kappa shape index (κ3) is 3.38. The van der Waals surface area contributed by atoms with Crippen molar-refractivity contribution in [2.24, 2.45) is 0 Å². The van der Waals surface area contributed by atoms with Crippen LogP contribution in [0.25, 0.3) is 22.6 Å². The third-order valence-electron chi connectivity index (χ3n) is 3.38. The summed E-state index contributed by atoms with van der Waals surface area (Å²) in [6, 6.07) is 16.6. The fourth-order valence-electron chi connectivity index (χ4n) is 2.24. The SMILES string of the molecule is COc1cc(-c2cc(-c3ccccc3)on2)ccc1OCC(=O)O. The van der Waals surface area contributed by atoms with Crippen LogP contribution in [0.5, 0.6) is 11.5 Å². The molecule has 1 heterocycles.